The fourth-order valence-corrected chi connectivity index (χ4v) is 4.47. The van der Waals surface area contributed by atoms with Gasteiger partial charge in [-0.15, -0.1) is 0 Å². The van der Waals surface area contributed by atoms with E-state index in [1.54, 1.807) is 43.0 Å². The van der Waals surface area contributed by atoms with E-state index in [0.29, 0.717) is 28.3 Å². The van der Waals surface area contributed by atoms with Gasteiger partial charge in [-0.2, -0.15) is 0 Å². The van der Waals surface area contributed by atoms with Crippen LogP contribution in [0.3, 0.4) is 0 Å². The first-order valence-electron chi connectivity index (χ1n) is 9.80. The minimum Gasteiger partial charge on any atom is -0.457 e. The van der Waals surface area contributed by atoms with E-state index in [0.717, 1.165) is 12.8 Å². The lowest BCUT2D eigenvalue weighted by atomic mass is 9.96. The Balaban J connectivity index is 1.57. The standard InChI is InChI=1S/C21H21N3O5/c1-12-16(13(2)29-22-12)11-28-20(27)21-10-9-18(25)24(21)17-6-4-3-5-15(17)19(26)23(21)14-7-8-14/h3-6,14H,7-11H2,1-2H3. The Bertz CT molecular complexity index is 1020. The molecule has 5 rings (SSSR count). The molecule has 1 aromatic carbocycles. The molecule has 0 bridgehead atoms. The number of nitrogens with zero attached hydrogens (tertiary/aromatic N) is 3. The molecule has 8 nitrogen and oxygen atoms in total. The Morgan fingerprint density at radius 3 is 2.72 bits per heavy atom. The predicted octanol–water partition coefficient (Wildman–Crippen LogP) is 2.48. The smallest absolute Gasteiger partial charge is 0.354 e. The van der Waals surface area contributed by atoms with Gasteiger partial charge in [0, 0.05) is 18.9 Å². The van der Waals surface area contributed by atoms with Gasteiger partial charge in [-0.1, -0.05) is 17.3 Å². The molecule has 2 fully saturated rings. The second-order valence-corrected chi connectivity index (χ2v) is 7.85. The molecular weight excluding hydrogens is 374 g/mol. The molecule has 0 radical (unpaired) electrons. The first kappa shape index (κ1) is 17.9. The molecule has 0 spiro atoms. The number of para-hydroxylation sites is 1. The van der Waals surface area contributed by atoms with Crippen molar-refractivity contribution in [3.63, 3.8) is 0 Å². The predicted molar refractivity (Wildman–Crippen MR) is 101 cm³/mol. The number of hydrogen-bond donors (Lipinski definition) is 0. The van der Waals surface area contributed by atoms with Crippen LogP contribution < -0.4 is 4.90 Å². The van der Waals surface area contributed by atoms with E-state index in [1.807, 2.05) is 0 Å². The third-order valence-corrected chi connectivity index (χ3v) is 6.07. The van der Waals surface area contributed by atoms with E-state index in [-0.39, 0.29) is 37.3 Å². The van der Waals surface area contributed by atoms with Crippen molar-refractivity contribution in [3.8, 4) is 0 Å². The van der Waals surface area contributed by atoms with Gasteiger partial charge in [-0.3, -0.25) is 14.5 Å². The highest BCUT2D eigenvalue weighted by atomic mass is 16.5. The Labute approximate surface area is 167 Å². The van der Waals surface area contributed by atoms with Crippen molar-refractivity contribution in [3.05, 3.63) is 46.8 Å². The van der Waals surface area contributed by atoms with Gasteiger partial charge in [0.15, 0.2) is 0 Å². The van der Waals surface area contributed by atoms with Crippen LogP contribution in [0.1, 0.15) is 53.1 Å². The average molecular weight is 395 g/mol. The number of carbonyl (C=O) groups is 3. The van der Waals surface area contributed by atoms with Gasteiger partial charge >= 0.3 is 5.97 Å². The fraction of sp³-hybridized carbons (Fsp3) is 0.429. The molecular formula is C21H21N3O5. The molecule has 8 heteroatoms. The second-order valence-electron chi connectivity index (χ2n) is 7.85. The van der Waals surface area contributed by atoms with Gasteiger partial charge in [0.2, 0.25) is 11.6 Å². The van der Waals surface area contributed by atoms with Crippen LogP contribution >= 0.6 is 0 Å². The summed E-state index contributed by atoms with van der Waals surface area (Å²) in [6.45, 7) is 3.52. The molecule has 2 aliphatic heterocycles. The van der Waals surface area contributed by atoms with Crippen LogP contribution in [-0.4, -0.2) is 39.5 Å². The van der Waals surface area contributed by atoms with Gasteiger partial charge in [0.1, 0.15) is 12.4 Å². The topological polar surface area (TPSA) is 93.0 Å². The minimum absolute atomic E-state index is 0.0157. The third-order valence-electron chi connectivity index (χ3n) is 6.07. The van der Waals surface area contributed by atoms with Gasteiger partial charge in [-0.05, 0) is 38.8 Å². The lowest BCUT2D eigenvalue weighted by molar-refractivity contribution is -0.159. The maximum atomic E-state index is 13.5. The first-order valence-corrected chi connectivity index (χ1v) is 9.80. The molecule has 2 amide bonds. The van der Waals surface area contributed by atoms with Crippen molar-refractivity contribution < 1.29 is 23.6 Å². The number of anilines is 1. The van der Waals surface area contributed by atoms with E-state index >= 15 is 0 Å². The fourth-order valence-electron chi connectivity index (χ4n) is 4.47. The van der Waals surface area contributed by atoms with E-state index < -0.39 is 11.6 Å². The number of fused-ring (bicyclic) bond motifs is 3. The van der Waals surface area contributed by atoms with Gasteiger partial charge in [-0.25, -0.2) is 4.79 Å². The molecule has 3 heterocycles. The quantitative estimate of drug-likeness (QED) is 0.739. The summed E-state index contributed by atoms with van der Waals surface area (Å²) in [6, 6.07) is 6.90. The van der Waals surface area contributed by atoms with Crippen LogP contribution in [0.5, 0.6) is 0 Å². The highest BCUT2D eigenvalue weighted by molar-refractivity contribution is 6.15. The monoisotopic (exact) mass is 395 g/mol. The summed E-state index contributed by atoms with van der Waals surface area (Å²) in [7, 11) is 0. The van der Waals surface area contributed by atoms with Gasteiger partial charge < -0.3 is 14.2 Å². The number of carbonyl (C=O) groups excluding carboxylic acids is 3. The van der Waals surface area contributed by atoms with E-state index in [2.05, 4.69) is 5.16 Å². The lowest BCUT2D eigenvalue weighted by Gasteiger charge is -2.48. The SMILES string of the molecule is Cc1noc(C)c1COC(=O)C12CCC(=O)N1c1ccccc1C(=O)N2C1CC1. The largest absolute Gasteiger partial charge is 0.457 e. The van der Waals surface area contributed by atoms with Crippen molar-refractivity contribution in [2.75, 3.05) is 4.90 Å². The molecule has 0 N–H and O–H groups in total. The highest BCUT2D eigenvalue weighted by Gasteiger charge is 2.64. The first-order chi connectivity index (χ1) is 13.9. The Hall–Kier alpha value is -3.16. The normalized spacial score (nSPS) is 23.2. The van der Waals surface area contributed by atoms with Gasteiger partial charge in [0.05, 0.1) is 22.5 Å². The molecule has 29 heavy (non-hydrogen) atoms. The summed E-state index contributed by atoms with van der Waals surface area (Å²) in [4.78, 5) is 42.8. The van der Waals surface area contributed by atoms with Crippen LogP contribution in [0.15, 0.2) is 28.8 Å². The summed E-state index contributed by atoms with van der Waals surface area (Å²) in [6.07, 6.45) is 2.04. The third kappa shape index (κ3) is 2.44. The number of esters is 1. The number of hydrogen-bond acceptors (Lipinski definition) is 6. The summed E-state index contributed by atoms with van der Waals surface area (Å²) < 4.78 is 10.8. The molecule has 1 aliphatic carbocycles. The molecule has 1 atom stereocenters. The maximum absolute atomic E-state index is 13.5. The Morgan fingerprint density at radius 1 is 1.28 bits per heavy atom. The van der Waals surface area contributed by atoms with E-state index in [1.165, 1.54) is 4.90 Å². The zero-order valence-electron chi connectivity index (χ0n) is 16.3. The summed E-state index contributed by atoms with van der Waals surface area (Å²) in [5.74, 6) is -0.400. The van der Waals surface area contributed by atoms with Crippen molar-refractivity contribution in [2.45, 2.75) is 57.8 Å². The molecule has 1 unspecified atom stereocenters. The Kier molecular flexibility index (Phi) is 3.81. The van der Waals surface area contributed by atoms with Crippen molar-refractivity contribution >= 4 is 23.5 Å². The number of benzene rings is 1. The van der Waals surface area contributed by atoms with Crippen LogP contribution in [-0.2, 0) is 20.9 Å². The molecule has 2 aromatic rings. The number of ether oxygens (including phenoxy) is 1. The zero-order valence-corrected chi connectivity index (χ0v) is 16.3. The summed E-state index contributed by atoms with van der Waals surface area (Å²) >= 11 is 0. The van der Waals surface area contributed by atoms with Gasteiger partial charge in [0.25, 0.3) is 5.91 Å². The minimum atomic E-state index is -1.43. The molecule has 150 valence electrons. The maximum Gasteiger partial charge on any atom is 0.354 e. The van der Waals surface area contributed by atoms with E-state index in [4.69, 9.17) is 9.26 Å². The van der Waals surface area contributed by atoms with Crippen molar-refractivity contribution in [1.82, 2.24) is 10.1 Å². The lowest BCUT2D eigenvalue weighted by Crippen LogP contribution is -2.69. The van der Waals surface area contributed by atoms with Crippen molar-refractivity contribution in [2.24, 2.45) is 0 Å². The molecule has 1 saturated carbocycles. The summed E-state index contributed by atoms with van der Waals surface area (Å²) in [5, 5.41) is 3.88. The number of rotatable bonds is 4. The number of aromatic nitrogens is 1. The molecule has 3 aliphatic rings. The summed E-state index contributed by atoms with van der Waals surface area (Å²) in [5.41, 5.74) is 0.847. The highest BCUT2D eigenvalue weighted by Crippen LogP contribution is 2.49. The van der Waals surface area contributed by atoms with E-state index in [9.17, 15) is 14.4 Å². The Morgan fingerprint density at radius 2 is 2.03 bits per heavy atom. The second kappa shape index (κ2) is 6.17. The van der Waals surface area contributed by atoms with Crippen molar-refractivity contribution in [1.29, 1.82) is 0 Å². The van der Waals surface area contributed by atoms with Crippen LogP contribution in [0, 0.1) is 13.8 Å². The van der Waals surface area contributed by atoms with Crippen LogP contribution in [0.4, 0.5) is 5.69 Å². The van der Waals surface area contributed by atoms with Crippen LogP contribution in [0.2, 0.25) is 0 Å². The average Bonchev–Trinajstić information content (AvgIpc) is 3.41. The van der Waals surface area contributed by atoms with Crippen LogP contribution in [0.25, 0.3) is 0 Å². The number of amides is 2. The number of aryl methyl sites for hydroxylation is 2. The molecule has 1 saturated heterocycles. The molecule has 1 aromatic heterocycles. The zero-order chi connectivity index (χ0) is 20.3.